The maximum atomic E-state index is 12.2. The molecule has 168 valence electrons. The van der Waals surface area contributed by atoms with Crippen molar-refractivity contribution in [2.75, 3.05) is 13.2 Å². The van der Waals surface area contributed by atoms with E-state index in [0.29, 0.717) is 0 Å². The molecule has 0 aromatic rings. The molecule has 1 amide bonds. The highest BCUT2D eigenvalue weighted by atomic mass is 32.2. The predicted molar refractivity (Wildman–Crippen MR) is 96.8 cm³/mol. The van der Waals surface area contributed by atoms with Crippen LogP contribution in [0, 0.1) is 0 Å². The Bertz CT molecular complexity index is 759. The second-order valence-corrected chi connectivity index (χ2v) is 10.5. The molecule has 0 aliphatic carbocycles. The quantitative estimate of drug-likeness (QED) is 0.682. The highest BCUT2D eigenvalue weighted by molar-refractivity contribution is 7.85. The number of fused-ring (bicyclic) bond motifs is 3. The lowest BCUT2D eigenvalue weighted by Crippen LogP contribution is -2.60. The molecule has 3 rings (SSSR count). The van der Waals surface area contributed by atoms with Crippen LogP contribution in [0.2, 0.25) is 0 Å². The van der Waals surface area contributed by atoms with Gasteiger partial charge in [-0.3, -0.25) is 0 Å². The molecule has 0 radical (unpaired) electrons. The van der Waals surface area contributed by atoms with Crippen LogP contribution in [0.5, 0.6) is 0 Å². The van der Waals surface area contributed by atoms with Crippen LogP contribution >= 0.6 is 0 Å². The predicted octanol–water partition coefficient (Wildman–Crippen LogP) is 1.17. The van der Waals surface area contributed by atoms with E-state index in [1.54, 1.807) is 53.2 Å². The summed E-state index contributed by atoms with van der Waals surface area (Å²) in [5.74, 6) is -3.49. The number of amides is 1. The first kappa shape index (κ1) is 22.7. The molecular formula is C17H29NO10S. The Morgan fingerprint density at radius 2 is 1.76 bits per heavy atom. The lowest BCUT2D eigenvalue weighted by Gasteiger charge is -2.40. The zero-order valence-corrected chi connectivity index (χ0v) is 18.5. The van der Waals surface area contributed by atoms with Gasteiger partial charge in [0.25, 0.3) is 0 Å². The number of nitrogens with one attached hydrogen (secondary N) is 1. The Morgan fingerprint density at radius 1 is 1.10 bits per heavy atom. The molecule has 0 aromatic carbocycles. The largest absolute Gasteiger partial charge is 0.443 e. The fraction of sp³-hybridized carbons (Fsp3) is 0.941. The van der Waals surface area contributed by atoms with Gasteiger partial charge in [0.2, 0.25) is 5.79 Å². The van der Waals surface area contributed by atoms with Gasteiger partial charge >= 0.3 is 16.4 Å². The van der Waals surface area contributed by atoms with Crippen molar-refractivity contribution in [3.63, 3.8) is 0 Å². The maximum Gasteiger partial charge on any atom is 0.423 e. The Morgan fingerprint density at radius 3 is 2.38 bits per heavy atom. The smallest absolute Gasteiger partial charge is 0.423 e. The molecule has 3 saturated heterocycles. The molecule has 12 heteroatoms. The monoisotopic (exact) mass is 439 g/mol. The highest BCUT2D eigenvalue weighted by Gasteiger charge is 2.65. The molecular weight excluding hydrogens is 410 g/mol. The van der Waals surface area contributed by atoms with Crippen LogP contribution < -0.4 is 4.72 Å². The topological polar surface area (TPSA) is 128 Å². The van der Waals surface area contributed by atoms with Gasteiger partial charge in [0.15, 0.2) is 11.6 Å². The maximum absolute atomic E-state index is 12.2. The van der Waals surface area contributed by atoms with Gasteiger partial charge in [-0.1, -0.05) is 0 Å². The number of rotatable bonds is 4. The molecule has 29 heavy (non-hydrogen) atoms. The second-order valence-electron chi connectivity index (χ2n) is 9.12. The molecule has 11 nitrogen and oxygen atoms in total. The minimum Gasteiger partial charge on any atom is -0.443 e. The minimum atomic E-state index is -4.49. The van der Waals surface area contributed by atoms with Crippen molar-refractivity contribution < 1.29 is 45.8 Å². The molecule has 3 fully saturated rings. The van der Waals surface area contributed by atoms with Crippen molar-refractivity contribution >= 4 is 16.4 Å². The molecule has 0 spiro atoms. The number of ether oxygens (including phenoxy) is 6. The third-order valence-electron chi connectivity index (χ3n) is 4.30. The summed E-state index contributed by atoms with van der Waals surface area (Å²) < 4.78 is 65.4. The van der Waals surface area contributed by atoms with Crippen LogP contribution in [0.1, 0.15) is 48.5 Å². The van der Waals surface area contributed by atoms with Crippen molar-refractivity contribution in [3.05, 3.63) is 0 Å². The van der Waals surface area contributed by atoms with Gasteiger partial charge in [-0.2, -0.15) is 13.1 Å². The normalized spacial score (nSPS) is 35.6. The summed E-state index contributed by atoms with van der Waals surface area (Å²) in [7, 11) is -4.49. The van der Waals surface area contributed by atoms with E-state index < -0.39 is 64.3 Å². The molecule has 1 N–H and O–H groups in total. The number of hydrogen-bond acceptors (Lipinski definition) is 10. The van der Waals surface area contributed by atoms with Crippen LogP contribution in [0.3, 0.4) is 0 Å². The van der Waals surface area contributed by atoms with E-state index in [4.69, 9.17) is 32.6 Å². The van der Waals surface area contributed by atoms with Crippen molar-refractivity contribution in [2.24, 2.45) is 0 Å². The summed E-state index contributed by atoms with van der Waals surface area (Å²) in [6.07, 6.45) is -2.92. The Balaban J connectivity index is 1.72. The van der Waals surface area contributed by atoms with E-state index in [9.17, 15) is 13.2 Å². The summed E-state index contributed by atoms with van der Waals surface area (Å²) >= 11 is 0. The fourth-order valence-corrected chi connectivity index (χ4v) is 4.16. The van der Waals surface area contributed by atoms with Gasteiger partial charge in [-0.05, 0) is 48.5 Å². The summed E-state index contributed by atoms with van der Waals surface area (Å²) in [4.78, 5) is 11.8. The molecule has 1 unspecified atom stereocenters. The standard InChI is InChI=1S/C17H29NO10S/c1-14(2,3)27-13(19)18-29(20,21)23-9-17-12(26-16(6,7)28-17)11-10(8-22-17)24-15(4,5)25-11/h10-12H,8-9H2,1-7H3,(H,18,19)/t10-,11?,12+,17+/m1/s1. The van der Waals surface area contributed by atoms with E-state index in [1.165, 1.54) is 0 Å². The van der Waals surface area contributed by atoms with Crippen LogP contribution in [0.25, 0.3) is 0 Å². The summed E-state index contributed by atoms with van der Waals surface area (Å²) in [5.41, 5.74) is -0.871. The van der Waals surface area contributed by atoms with Gasteiger partial charge in [0.1, 0.15) is 30.5 Å². The fourth-order valence-electron chi connectivity index (χ4n) is 3.54. The van der Waals surface area contributed by atoms with Gasteiger partial charge in [-0.25, -0.2) is 8.98 Å². The Hall–Kier alpha value is -1.02. The zero-order chi connectivity index (χ0) is 21.9. The van der Waals surface area contributed by atoms with E-state index in [2.05, 4.69) is 0 Å². The molecule has 0 bridgehead atoms. The molecule has 3 heterocycles. The zero-order valence-electron chi connectivity index (χ0n) is 17.6. The molecule has 3 aliphatic heterocycles. The highest BCUT2D eigenvalue weighted by Crippen LogP contribution is 2.47. The lowest BCUT2D eigenvalue weighted by atomic mass is 9.98. The van der Waals surface area contributed by atoms with Gasteiger partial charge < -0.3 is 28.4 Å². The third-order valence-corrected chi connectivity index (χ3v) is 5.14. The van der Waals surface area contributed by atoms with E-state index >= 15 is 0 Å². The Labute approximate surface area is 170 Å². The molecule has 0 saturated carbocycles. The van der Waals surface area contributed by atoms with Crippen LogP contribution in [0.4, 0.5) is 4.79 Å². The first-order valence-corrected chi connectivity index (χ1v) is 10.7. The molecule has 0 aromatic heterocycles. The number of carbonyl (C=O) groups excluding carboxylic acids is 1. The lowest BCUT2D eigenvalue weighted by molar-refractivity contribution is -0.290. The van der Waals surface area contributed by atoms with Crippen molar-refractivity contribution in [2.45, 2.75) is 89.7 Å². The number of hydrogen-bond donors (Lipinski definition) is 1. The van der Waals surface area contributed by atoms with Gasteiger partial charge in [0.05, 0.1) is 6.61 Å². The average molecular weight is 439 g/mol. The van der Waals surface area contributed by atoms with Crippen LogP contribution in [-0.4, -0.2) is 69.0 Å². The summed E-state index contributed by atoms with van der Waals surface area (Å²) in [5, 5.41) is 0. The minimum absolute atomic E-state index is 0.0902. The first-order valence-electron chi connectivity index (χ1n) is 9.29. The van der Waals surface area contributed by atoms with E-state index in [-0.39, 0.29) is 6.61 Å². The van der Waals surface area contributed by atoms with Crippen LogP contribution in [-0.2, 0) is 42.9 Å². The van der Waals surface area contributed by atoms with Gasteiger partial charge in [0, 0.05) is 0 Å². The summed E-state index contributed by atoms with van der Waals surface area (Å²) in [6.45, 7) is 11.2. The van der Waals surface area contributed by atoms with E-state index in [0.717, 1.165) is 0 Å². The molecule has 3 aliphatic rings. The van der Waals surface area contributed by atoms with E-state index in [1.807, 2.05) is 0 Å². The SMILES string of the molecule is CC(C)(C)OC(=O)NS(=O)(=O)OC[C@@]12OC[C@H]3OC(C)(C)OC3[C@@H]1OC(C)(C)O2. The second kappa shape index (κ2) is 7.01. The van der Waals surface area contributed by atoms with Crippen molar-refractivity contribution in [1.29, 1.82) is 0 Å². The average Bonchev–Trinajstić information content (AvgIpc) is 2.94. The van der Waals surface area contributed by atoms with Gasteiger partial charge in [-0.15, -0.1) is 0 Å². The first-order chi connectivity index (χ1) is 13.0. The third kappa shape index (κ3) is 5.19. The Kier molecular flexibility index (Phi) is 5.48. The molecule has 4 atom stereocenters. The van der Waals surface area contributed by atoms with Crippen molar-refractivity contribution in [1.82, 2.24) is 4.72 Å². The summed E-state index contributed by atoms with van der Waals surface area (Å²) in [6, 6.07) is 0. The van der Waals surface area contributed by atoms with Crippen molar-refractivity contribution in [3.8, 4) is 0 Å². The number of carbonyl (C=O) groups is 1. The van der Waals surface area contributed by atoms with Crippen LogP contribution in [0.15, 0.2) is 0 Å².